The van der Waals surface area contributed by atoms with Gasteiger partial charge in [-0.1, -0.05) is 22.0 Å². The molecule has 2 nitrogen and oxygen atoms in total. The Kier molecular flexibility index (Phi) is 3.39. The Hall–Kier alpha value is -0.540. The third-order valence-electron chi connectivity index (χ3n) is 3.98. The van der Waals surface area contributed by atoms with Crippen molar-refractivity contribution in [3.63, 3.8) is 0 Å². The minimum atomic E-state index is 0.788. The average Bonchev–Trinajstić information content (AvgIpc) is 2.27. The fraction of sp³-hybridized carbons (Fsp3) is 0.571. The van der Waals surface area contributed by atoms with Gasteiger partial charge in [0.1, 0.15) is 0 Å². The molecular formula is C14H19BrN2. The summed E-state index contributed by atoms with van der Waals surface area (Å²) in [6, 6.07) is 9.48. The van der Waals surface area contributed by atoms with Crippen molar-refractivity contribution in [1.82, 2.24) is 4.90 Å². The van der Waals surface area contributed by atoms with Crippen molar-refractivity contribution in [3.05, 3.63) is 28.7 Å². The Labute approximate surface area is 112 Å². The van der Waals surface area contributed by atoms with Crippen LogP contribution in [0.15, 0.2) is 28.7 Å². The van der Waals surface area contributed by atoms with Crippen molar-refractivity contribution in [2.45, 2.75) is 25.3 Å². The van der Waals surface area contributed by atoms with Crippen molar-refractivity contribution >= 4 is 21.6 Å². The van der Waals surface area contributed by atoms with Crippen molar-refractivity contribution < 1.29 is 0 Å². The second-order valence-corrected chi connectivity index (χ2v) is 6.03. The maximum absolute atomic E-state index is 3.56. The maximum atomic E-state index is 3.56. The summed E-state index contributed by atoms with van der Waals surface area (Å²) in [5, 5.41) is 0. The molecule has 2 fully saturated rings. The minimum absolute atomic E-state index is 0.788. The molecule has 2 saturated heterocycles. The van der Waals surface area contributed by atoms with E-state index in [2.05, 4.69) is 50.0 Å². The Bertz CT molecular complexity index is 390. The molecule has 3 heteroatoms. The van der Waals surface area contributed by atoms with Gasteiger partial charge in [-0.2, -0.15) is 0 Å². The molecule has 0 amide bonds. The number of likely N-dealkylation sites (tertiary alicyclic amines) is 1. The lowest BCUT2D eigenvalue weighted by Gasteiger charge is -2.44. The summed E-state index contributed by atoms with van der Waals surface area (Å²) in [7, 11) is 0. The zero-order valence-corrected chi connectivity index (χ0v) is 11.7. The first-order valence-electron chi connectivity index (χ1n) is 6.57. The normalized spacial score (nSPS) is 25.7. The molecule has 0 spiro atoms. The zero-order chi connectivity index (χ0) is 11.7. The Morgan fingerprint density at radius 1 is 1.12 bits per heavy atom. The van der Waals surface area contributed by atoms with E-state index in [0.29, 0.717) is 0 Å². The van der Waals surface area contributed by atoms with E-state index in [0.717, 1.165) is 6.04 Å². The van der Waals surface area contributed by atoms with Crippen LogP contribution in [0.5, 0.6) is 0 Å². The van der Waals surface area contributed by atoms with E-state index in [4.69, 9.17) is 0 Å². The first kappa shape index (κ1) is 11.5. The second kappa shape index (κ2) is 4.99. The molecule has 2 heterocycles. The number of anilines is 1. The lowest BCUT2D eigenvalue weighted by molar-refractivity contribution is 0.106. The third kappa shape index (κ3) is 2.50. The van der Waals surface area contributed by atoms with Crippen molar-refractivity contribution in [3.8, 4) is 0 Å². The highest BCUT2D eigenvalue weighted by Gasteiger charge is 2.28. The lowest BCUT2D eigenvalue weighted by atomic mass is 10.00. The molecule has 1 aromatic carbocycles. The quantitative estimate of drug-likeness (QED) is 0.827. The molecule has 0 N–H and O–H groups in total. The van der Waals surface area contributed by atoms with Crippen LogP contribution in [0, 0.1) is 0 Å². The van der Waals surface area contributed by atoms with Gasteiger partial charge >= 0.3 is 0 Å². The van der Waals surface area contributed by atoms with Crippen LogP contribution >= 0.6 is 15.9 Å². The Morgan fingerprint density at radius 2 is 2.00 bits per heavy atom. The summed E-state index contributed by atoms with van der Waals surface area (Å²) in [6.07, 6.45) is 4.10. The highest BCUT2D eigenvalue weighted by Crippen LogP contribution is 2.26. The number of hydrogen-bond acceptors (Lipinski definition) is 2. The average molecular weight is 295 g/mol. The Morgan fingerprint density at radius 3 is 2.71 bits per heavy atom. The van der Waals surface area contributed by atoms with E-state index < -0.39 is 0 Å². The predicted molar refractivity (Wildman–Crippen MR) is 75.6 cm³/mol. The van der Waals surface area contributed by atoms with E-state index in [1.54, 1.807) is 0 Å². The number of rotatable bonds is 2. The topological polar surface area (TPSA) is 6.48 Å². The van der Waals surface area contributed by atoms with Gasteiger partial charge in [0, 0.05) is 29.3 Å². The van der Waals surface area contributed by atoms with Gasteiger partial charge in [-0.3, -0.25) is 4.90 Å². The predicted octanol–water partition coefficient (Wildman–Crippen LogP) is 3.12. The third-order valence-corrected chi connectivity index (χ3v) is 4.47. The molecule has 17 heavy (non-hydrogen) atoms. The first-order valence-corrected chi connectivity index (χ1v) is 7.37. The van der Waals surface area contributed by atoms with Crippen LogP contribution in [-0.4, -0.2) is 37.1 Å². The number of hydrogen-bond donors (Lipinski definition) is 0. The highest BCUT2D eigenvalue weighted by molar-refractivity contribution is 9.10. The largest absolute Gasteiger partial charge is 0.370 e. The summed E-state index contributed by atoms with van der Waals surface area (Å²) in [4.78, 5) is 5.18. The molecule has 0 aliphatic carbocycles. The summed E-state index contributed by atoms with van der Waals surface area (Å²) in [5.41, 5.74) is 1.37. The molecule has 0 radical (unpaired) electrons. The van der Waals surface area contributed by atoms with E-state index in [-0.39, 0.29) is 0 Å². The monoisotopic (exact) mass is 294 g/mol. The lowest BCUT2D eigenvalue weighted by Crippen LogP contribution is -2.53. The van der Waals surface area contributed by atoms with E-state index in [9.17, 15) is 0 Å². The van der Waals surface area contributed by atoms with Crippen LogP contribution in [-0.2, 0) is 0 Å². The zero-order valence-electron chi connectivity index (χ0n) is 10.1. The van der Waals surface area contributed by atoms with Crippen LogP contribution in [0.1, 0.15) is 19.3 Å². The fourth-order valence-electron chi connectivity index (χ4n) is 2.87. The van der Waals surface area contributed by atoms with Crippen LogP contribution in [0.4, 0.5) is 5.69 Å². The highest BCUT2D eigenvalue weighted by atomic mass is 79.9. The van der Waals surface area contributed by atoms with Crippen molar-refractivity contribution in [2.24, 2.45) is 0 Å². The summed E-state index contributed by atoms with van der Waals surface area (Å²) >= 11 is 3.56. The number of nitrogens with zero attached hydrogens (tertiary/aromatic N) is 2. The van der Waals surface area contributed by atoms with Crippen molar-refractivity contribution in [1.29, 1.82) is 0 Å². The van der Waals surface area contributed by atoms with Gasteiger partial charge in [0.25, 0.3) is 0 Å². The summed E-state index contributed by atoms with van der Waals surface area (Å²) < 4.78 is 1.18. The standard InChI is InChI=1S/C14H19BrN2/c15-12-4-1-5-13(10-12)17-7-2-6-14(11-17)16-8-3-9-16/h1,4-5,10,14H,2-3,6-9,11H2. The van der Waals surface area contributed by atoms with Crippen LogP contribution in [0.3, 0.4) is 0 Å². The molecular weight excluding hydrogens is 276 g/mol. The first-order chi connectivity index (χ1) is 8.33. The van der Waals surface area contributed by atoms with E-state index in [1.165, 1.54) is 55.6 Å². The molecule has 1 unspecified atom stereocenters. The van der Waals surface area contributed by atoms with Crippen molar-refractivity contribution in [2.75, 3.05) is 31.1 Å². The summed E-state index contributed by atoms with van der Waals surface area (Å²) in [6.45, 7) is 5.05. The molecule has 1 atom stereocenters. The fourth-order valence-corrected chi connectivity index (χ4v) is 3.25. The van der Waals surface area contributed by atoms with Gasteiger partial charge in [0.2, 0.25) is 0 Å². The van der Waals surface area contributed by atoms with Crippen LogP contribution in [0.2, 0.25) is 0 Å². The SMILES string of the molecule is Brc1cccc(N2CCCC(N3CCC3)C2)c1. The van der Waals surface area contributed by atoms with E-state index >= 15 is 0 Å². The second-order valence-electron chi connectivity index (χ2n) is 5.11. The molecule has 0 saturated carbocycles. The van der Waals surface area contributed by atoms with Gasteiger partial charge in [-0.15, -0.1) is 0 Å². The molecule has 3 rings (SSSR count). The molecule has 2 aliphatic rings. The van der Waals surface area contributed by atoms with Gasteiger partial charge in [0.15, 0.2) is 0 Å². The van der Waals surface area contributed by atoms with Gasteiger partial charge in [-0.25, -0.2) is 0 Å². The van der Waals surface area contributed by atoms with Gasteiger partial charge < -0.3 is 4.90 Å². The molecule has 0 aromatic heterocycles. The van der Waals surface area contributed by atoms with Gasteiger partial charge in [-0.05, 0) is 50.6 Å². The molecule has 1 aromatic rings. The smallest absolute Gasteiger partial charge is 0.0378 e. The summed E-state index contributed by atoms with van der Waals surface area (Å²) in [5.74, 6) is 0. The van der Waals surface area contributed by atoms with Gasteiger partial charge in [0.05, 0.1) is 0 Å². The number of halogens is 1. The maximum Gasteiger partial charge on any atom is 0.0378 e. The molecule has 92 valence electrons. The number of benzene rings is 1. The molecule has 0 bridgehead atoms. The van der Waals surface area contributed by atoms with Crippen LogP contribution < -0.4 is 4.90 Å². The van der Waals surface area contributed by atoms with Crippen LogP contribution in [0.25, 0.3) is 0 Å². The van der Waals surface area contributed by atoms with E-state index in [1.807, 2.05) is 0 Å². The molecule has 2 aliphatic heterocycles. The Balaban J connectivity index is 1.70. The minimum Gasteiger partial charge on any atom is -0.370 e. The number of piperidine rings is 1.